The van der Waals surface area contributed by atoms with Crippen molar-refractivity contribution in [3.8, 4) is 6.07 Å². The second-order valence-corrected chi connectivity index (χ2v) is 9.63. The first-order valence-corrected chi connectivity index (χ1v) is 13.3. The number of unbranched alkanes of at least 4 members (excludes halogenated alkanes) is 1. The van der Waals surface area contributed by atoms with Crippen molar-refractivity contribution in [2.45, 2.75) is 64.1 Å². The van der Waals surface area contributed by atoms with Crippen molar-refractivity contribution in [1.29, 1.82) is 5.26 Å². The van der Waals surface area contributed by atoms with Gasteiger partial charge in [-0.1, -0.05) is 25.5 Å². The number of benzene rings is 2. The first-order chi connectivity index (χ1) is 19.4. The molecule has 220 valence electrons. The van der Waals surface area contributed by atoms with Crippen LogP contribution in [-0.2, 0) is 22.2 Å². The fraction of sp³-hybridized carbons (Fsp3) is 0.379. The van der Waals surface area contributed by atoms with Crippen LogP contribution in [0.3, 0.4) is 0 Å². The Labute approximate surface area is 241 Å². The zero-order valence-electron chi connectivity index (χ0n) is 22.9. The van der Waals surface area contributed by atoms with E-state index in [1.54, 1.807) is 25.3 Å². The molecule has 1 saturated carbocycles. The number of thiocarbonyl (C=S) groups is 1. The molecule has 2 aliphatic rings. The topological polar surface area (TPSA) is 76.4 Å². The van der Waals surface area contributed by atoms with E-state index in [9.17, 15) is 22.4 Å². The lowest BCUT2D eigenvalue weighted by Gasteiger charge is -2.43. The molecule has 0 radical (unpaired) electrons. The fourth-order valence-corrected chi connectivity index (χ4v) is 5.01. The van der Waals surface area contributed by atoms with Crippen molar-refractivity contribution in [1.82, 2.24) is 5.32 Å². The number of aryl methyl sites for hydroxylation is 1. The van der Waals surface area contributed by atoms with Crippen LogP contribution in [0.5, 0.6) is 0 Å². The second-order valence-electron chi connectivity index (χ2n) is 9.27. The normalized spacial score (nSPS) is 15.2. The Morgan fingerprint density at radius 1 is 1.22 bits per heavy atom. The van der Waals surface area contributed by atoms with E-state index in [1.165, 1.54) is 17.0 Å². The third kappa shape index (κ3) is 6.73. The summed E-state index contributed by atoms with van der Waals surface area (Å²) in [6.45, 7) is 7.24. The van der Waals surface area contributed by atoms with Gasteiger partial charge in [0.2, 0.25) is 6.41 Å². The minimum Gasteiger partial charge on any atom is -0.362 e. The zero-order chi connectivity index (χ0) is 31.0. The van der Waals surface area contributed by atoms with Gasteiger partial charge in [0.05, 0.1) is 17.3 Å². The minimum absolute atomic E-state index is 0.234. The van der Waals surface area contributed by atoms with Crippen LogP contribution in [0.2, 0.25) is 0 Å². The first kappa shape index (κ1) is 33.4. The molecule has 1 N–H and O–H groups in total. The molecule has 1 saturated heterocycles. The van der Waals surface area contributed by atoms with Gasteiger partial charge in [-0.2, -0.15) is 18.4 Å². The summed E-state index contributed by atoms with van der Waals surface area (Å²) in [4.78, 5) is 24.7. The van der Waals surface area contributed by atoms with E-state index in [0.717, 1.165) is 29.9 Å². The van der Waals surface area contributed by atoms with Crippen molar-refractivity contribution in [3.05, 3.63) is 71.3 Å². The lowest BCUT2D eigenvalue weighted by atomic mass is 9.75. The Kier molecular flexibility index (Phi) is 11.5. The highest BCUT2D eigenvalue weighted by molar-refractivity contribution is 7.81. The molecule has 2 fully saturated rings. The number of hydrogen-bond acceptors (Lipinski definition) is 4. The summed E-state index contributed by atoms with van der Waals surface area (Å²) in [5.41, 5.74) is -3.76. The van der Waals surface area contributed by atoms with Gasteiger partial charge in [0.1, 0.15) is 16.9 Å². The number of amides is 2. The van der Waals surface area contributed by atoms with Gasteiger partial charge in [-0.3, -0.25) is 14.5 Å². The maximum Gasteiger partial charge on any atom is 0.420 e. The van der Waals surface area contributed by atoms with Crippen LogP contribution >= 0.6 is 12.2 Å². The smallest absolute Gasteiger partial charge is 0.362 e. The monoisotopic (exact) mass is 594 g/mol. The second kappa shape index (κ2) is 14.2. The Morgan fingerprint density at radius 3 is 2.27 bits per heavy atom. The molecule has 0 atom stereocenters. The zero-order valence-corrected chi connectivity index (χ0v) is 23.8. The van der Waals surface area contributed by atoms with Gasteiger partial charge in [0, 0.05) is 12.7 Å². The molecule has 1 aliphatic carbocycles. The number of anilines is 2. The van der Waals surface area contributed by atoms with Crippen molar-refractivity contribution in [3.63, 3.8) is 0 Å². The number of rotatable bonds is 6. The number of nitrogens with one attached hydrogen (secondary N) is 1. The van der Waals surface area contributed by atoms with E-state index >= 15 is 4.39 Å². The van der Waals surface area contributed by atoms with Crippen LogP contribution in [0, 0.1) is 23.0 Å². The molecular weight excluding hydrogens is 563 g/mol. The van der Waals surface area contributed by atoms with Crippen LogP contribution in [0.4, 0.5) is 33.3 Å². The SMILES string of the molecule is C=CC.CCCCc1ccc(N2C(=S)N(c3ccc(C#N)c(C(F)(F)F)c3F)C(=O)C23CCC3)cc1F.CNC=O. The third-order valence-corrected chi connectivity index (χ3v) is 6.94. The minimum atomic E-state index is -5.15. The number of carbonyl (C=O) groups excluding carboxylic acids is 2. The molecule has 2 amide bonds. The lowest BCUT2D eigenvalue weighted by molar-refractivity contribution is -0.140. The molecule has 0 unspecified atom stereocenters. The molecule has 6 nitrogen and oxygen atoms in total. The van der Waals surface area contributed by atoms with Crippen molar-refractivity contribution in [2.24, 2.45) is 0 Å². The summed E-state index contributed by atoms with van der Waals surface area (Å²) in [5, 5.41) is 11.0. The number of nitriles is 1. The quantitative estimate of drug-likeness (QED) is 0.172. The van der Waals surface area contributed by atoms with E-state index < -0.39 is 46.1 Å². The number of allylic oxidation sites excluding steroid dienone is 1. The number of nitrogens with zero attached hydrogens (tertiary/aromatic N) is 3. The molecule has 12 heteroatoms. The maximum absolute atomic E-state index is 15.2. The van der Waals surface area contributed by atoms with Crippen molar-refractivity contribution in [2.75, 3.05) is 16.8 Å². The van der Waals surface area contributed by atoms with Gasteiger partial charge < -0.3 is 10.2 Å². The highest BCUT2D eigenvalue weighted by Gasteiger charge is 2.60. The summed E-state index contributed by atoms with van der Waals surface area (Å²) < 4.78 is 70.5. The predicted molar refractivity (Wildman–Crippen MR) is 151 cm³/mol. The van der Waals surface area contributed by atoms with Crippen molar-refractivity contribution < 1.29 is 31.5 Å². The highest BCUT2D eigenvalue weighted by Crippen LogP contribution is 2.49. The van der Waals surface area contributed by atoms with E-state index in [4.69, 9.17) is 22.3 Å². The molecule has 41 heavy (non-hydrogen) atoms. The maximum atomic E-state index is 15.2. The Hall–Kier alpha value is -3.85. The molecule has 1 aliphatic heterocycles. The molecule has 1 spiro atoms. The molecule has 4 rings (SSSR count). The van der Waals surface area contributed by atoms with Gasteiger partial charge in [0.25, 0.3) is 5.91 Å². The van der Waals surface area contributed by atoms with Gasteiger partial charge in [-0.25, -0.2) is 8.78 Å². The standard InChI is InChI=1S/C24H20F5N3OS.C3H6.C2H5NO/c1-2-3-5-14-6-8-16(12-17(14)25)32-22(34)31(21(33)23(32)10-4-11-23)18-9-7-15(13-30)19(20(18)26)24(27,28)29;1-3-2;1-3-2-4/h6-9,12H,2-5,10-11H2,1H3;3H,1H2,2H3;2H,1H3,(H,3,4). The van der Waals surface area contributed by atoms with Gasteiger partial charge >= 0.3 is 6.18 Å². The Bertz CT molecular complexity index is 1340. The third-order valence-electron chi connectivity index (χ3n) is 6.57. The molecule has 0 aromatic heterocycles. The number of hydrogen-bond donors (Lipinski definition) is 1. The molecule has 2 aromatic rings. The van der Waals surface area contributed by atoms with Crippen LogP contribution in [0.25, 0.3) is 0 Å². The summed E-state index contributed by atoms with van der Waals surface area (Å²) in [6, 6.07) is 7.57. The van der Waals surface area contributed by atoms with Gasteiger partial charge in [-0.15, -0.1) is 6.58 Å². The highest BCUT2D eigenvalue weighted by atomic mass is 32.1. The largest absolute Gasteiger partial charge is 0.420 e. The van der Waals surface area contributed by atoms with Gasteiger partial charge in [0.15, 0.2) is 10.9 Å². The predicted octanol–water partition coefficient (Wildman–Crippen LogP) is 6.81. The van der Waals surface area contributed by atoms with E-state index in [1.807, 2.05) is 13.8 Å². The Balaban J connectivity index is 0.000000759. The summed E-state index contributed by atoms with van der Waals surface area (Å²) in [7, 11) is 1.56. The summed E-state index contributed by atoms with van der Waals surface area (Å²) in [5.74, 6) is -2.89. The number of halogens is 5. The summed E-state index contributed by atoms with van der Waals surface area (Å²) in [6.07, 6.45) is 0.783. The van der Waals surface area contributed by atoms with Gasteiger partial charge in [-0.05, 0) is 81.1 Å². The van der Waals surface area contributed by atoms with Crippen LogP contribution < -0.4 is 15.1 Å². The van der Waals surface area contributed by atoms with Crippen LogP contribution in [0.15, 0.2) is 43.0 Å². The fourth-order valence-electron chi connectivity index (χ4n) is 4.55. The molecule has 0 bridgehead atoms. The van der Waals surface area contributed by atoms with E-state index in [-0.39, 0.29) is 10.8 Å². The van der Waals surface area contributed by atoms with E-state index in [0.29, 0.717) is 37.7 Å². The molecule has 1 heterocycles. The summed E-state index contributed by atoms with van der Waals surface area (Å²) >= 11 is 5.45. The number of alkyl halides is 3. The lowest BCUT2D eigenvalue weighted by Crippen LogP contribution is -2.55. The molecular formula is C29H31F5N4O2S. The van der Waals surface area contributed by atoms with Crippen LogP contribution in [0.1, 0.15) is 62.6 Å². The molecule has 2 aromatic carbocycles. The first-order valence-electron chi connectivity index (χ1n) is 12.8. The average molecular weight is 595 g/mol. The average Bonchev–Trinajstić information content (AvgIpc) is 3.14. The van der Waals surface area contributed by atoms with E-state index in [2.05, 4.69) is 11.9 Å². The Morgan fingerprint density at radius 2 is 1.83 bits per heavy atom. The van der Waals surface area contributed by atoms with Crippen molar-refractivity contribution >= 4 is 41.0 Å². The number of carbonyl (C=O) groups is 2. The van der Waals surface area contributed by atoms with Crippen LogP contribution in [-0.4, -0.2) is 30.0 Å².